The SMILES string of the molecule is CCS(=O)(=O)N[C@H](c1nnc(S(=O)(=O)Cc2ccccc2)o1)C(C)C. The number of benzene rings is 1. The highest BCUT2D eigenvalue weighted by molar-refractivity contribution is 7.90. The molecule has 138 valence electrons. The van der Waals surface area contributed by atoms with E-state index in [9.17, 15) is 16.8 Å². The Morgan fingerprint density at radius 2 is 1.72 bits per heavy atom. The standard InChI is InChI=1S/C15H21N3O5S2/c1-4-25(21,22)18-13(11(2)3)14-16-17-15(23-14)24(19,20)10-12-8-6-5-7-9-12/h5-9,11,13,18H,4,10H2,1-3H3/t13-/m0/s1. The van der Waals surface area contributed by atoms with E-state index >= 15 is 0 Å². The Balaban J connectivity index is 2.27. The third-order valence-corrected chi connectivity index (χ3v) is 6.29. The van der Waals surface area contributed by atoms with E-state index in [0.717, 1.165) is 0 Å². The van der Waals surface area contributed by atoms with Gasteiger partial charge in [-0.3, -0.25) is 0 Å². The number of aromatic nitrogens is 2. The molecule has 2 rings (SSSR count). The predicted octanol–water partition coefficient (Wildman–Crippen LogP) is 1.68. The largest absolute Gasteiger partial charge is 0.411 e. The summed E-state index contributed by atoms with van der Waals surface area (Å²) < 4.78 is 56.2. The van der Waals surface area contributed by atoms with Gasteiger partial charge in [-0.05, 0) is 18.4 Å². The molecule has 10 heteroatoms. The fraction of sp³-hybridized carbons (Fsp3) is 0.467. The fourth-order valence-corrected chi connectivity index (χ4v) is 4.13. The molecule has 1 heterocycles. The van der Waals surface area contributed by atoms with Crippen LogP contribution in [0.1, 0.15) is 38.3 Å². The van der Waals surface area contributed by atoms with Crippen molar-refractivity contribution in [2.75, 3.05) is 5.75 Å². The van der Waals surface area contributed by atoms with E-state index in [1.165, 1.54) is 6.92 Å². The van der Waals surface area contributed by atoms with Crippen molar-refractivity contribution >= 4 is 19.9 Å². The van der Waals surface area contributed by atoms with E-state index < -0.39 is 31.1 Å². The molecule has 0 aliphatic carbocycles. The molecular weight excluding hydrogens is 366 g/mol. The molecule has 8 nitrogen and oxygen atoms in total. The number of rotatable bonds is 8. The second-order valence-corrected chi connectivity index (χ2v) is 9.80. The van der Waals surface area contributed by atoms with Crippen molar-refractivity contribution in [1.82, 2.24) is 14.9 Å². The lowest BCUT2D eigenvalue weighted by atomic mass is 10.1. The minimum absolute atomic E-state index is 0.0707. The minimum atomic E-state index is -3.82. The number of sulfonamides is 1. The lowest BCUT2D eigenvalue weighted by Gasteiger charge is -2.17. The second-order valence-electron chi connectivity index (χ2n) is 5.89. The summed E-state index contributed by atoms with van der Waals surface area (Å²) in [5.74, 6) is -0.656. The first-order chi connectivity index (χ1) is 11.6. The van der Waals surface area contributed by atoms with Crippen molar-refractivity contribution in [1.29, 1.82) is 0 Å². The second kappa shape index (κ2) is 7.63. The summed E-state index contributed by atoms with van der Waals surface area (Å²) in [5, 5.41) is 6.82. The van der Waals surface area contributed by atoms with Gasteiger partial charge in [-0.1, -0.05) is 49.3 Å². The molecule has 0 radical (unpaired) electrons. The van der Waals surface area contributed by atoms with Gasteiger partial charge in [0.1, 0.15) is 6.04 Å². The number of hydrogen-bond donors (Lipinski definition) is 1. The van der Waals surface area contributed by atoms with Crippen LogP contribution in [0.3, 0.4) is 0 Å². The monoisotopic (exact) mass is 387 g/mol. The smallest absolute Gasteiger partial charge is 0.335 e. The summed E-state index contributed by atoms with van der Waals surface area (Å²) >= 11 is 0. The molecule has 0 saturated carbocycles. The number of nitrogens with zero attached hydrogens (tertiary/aromatic N) is 2. The Labute approximate surface area is 147 Å². The molecule has 0 unspecified atom stereocenters. The van der Waals surface area contributed by atoms with E-state index in [1.807, 2.05) is 0 Å². The summed E-state index contributed by atoms with van der Waals surface area (Å²) in [4.78, 5) is 0. The molecule has 1 aromatic heterocycles. The van der Waals surface area contributed by atoms with Crippen molar-refractivity contribution in [3.63, 3.8) is 0 Å². The van der Waals surface area contributed by atoms with Gasteiger partial charge in [-0.25, -0.2) is 21.6 Å². The van der Waals surface area contributed by atoms with Crippen LogP contribution in [0.5, 0.6) is 0 Å². The van der Waals surface area contributed by atoms with Crippen LogP contribution >= 0.6 is 0 Å². The highest BCUT2D eigenvalue weighted by Gasteiger charge is 2.30. The Hall–Kier alpha value is -1.78. The molecule has 1 atom stereocenters. The first-order valence-electron chi connectivity index (χ1n) is 7.74. The van der Waals surface area contributed by atoms with Crippen LogP contribution in [0.2, 0.25) is 0 Å². The fourth-order valence-electron chi connectivity index (χ4n) is 2.08. The molecule has 2 aromatic rings. The van der Waals surface area contributed by atoms with Gasteiger partial charge in [0.25, 0.3) is 0 Å². The number of hydrogen-bond acceptors (Lipinski definition) is 7. The maximum atomic E-state index is 12.4. The maximum Gasteiger partial charge on any atom is 0.335 e. The highest BCUT2D eigenvalue weighted by atomic mass is 32.2. The average Bonchev–Trinajstić information content (AvgIpc) is 3.03. The van der Waals surface area contributed by atoms with E-state index in [1.54, 1.807) is 44.2 Å². The van der Waals surface area contributed by atoms with Crippen LogP contribution < -0.4 is 4.72 Å². The molecule has 0 aliphatic heterocycles. The van der Waals surface area contributed by atoms with Crippen LogP contribution in [0.15, 0.2) is 40.0 Å². The normalized spacial score (nSPS) is 13.9. The summed E-state index contributed by atoms with van der Waals surface area (Å²) in [6.45, 7) is 5.04. The molecule has 1 aromatic carbocycles. The maximum absolute atomic E-state index is 12.4. The van der Waals surface area contributed by atoms with Gasteiger partial charge in [0, 0.05) is 0 Å². The quantitative estimate of drug-likeness (QED) is 0.732. The third-order valence-electron chi connectivity index (χ3n) is 3.51. The van der Waals surface area contributed by atoms with Crippen molar-refractivity contribution in [2.24, 2.45) is 5.92 Å². The average molecular weight is 387 g/mol. The van der Waals surface area contributed by atoms with E-state index in [0.29, 0.717) is 5.56 Å². The van der Waals surface area contributed by atoms with Gasteiger partial charge in [-0.2, -0.15) is 0 Å². The van der Waals surface area contributed by atoms with Crippen LogP contribution in [0, 0.1) is 5.92 Å². The van der Waals surface area contributed by atoms with Gasteiger partial charge in [0.05, 0.1) is 11.5 Å². The minimum Gasteiger partial charge on any atom is -0.411 e. The zero-order valence-corrected chi connectivity index (χ0v) is 15.8. The first-order valence-corrected chi connectivity index (χ1v) is 11.0. The van der Waals surface area contributed by atoms with Crippen LogP contribution in [-0.2, 0) is 25.6 Å². The van der Waals surface area contributed by atoms with E-state index in [2.05, 4.69) is 14.9 Å². The van der Waals surface area contributed by atoms with Crippen molar-refractivity contribution < 1.29 is 21.3 Å². The lowest BCUT2D eigenvalue weighted by molar-refractivity contribution is 0.326. The molecule has 0 fully saturated rings. The van der Waals surface area contributed by atoms with Gasteiger partial charge in [-0.15, -0.1) is 5.10 Å². The zero-order valence-electron chi connectivity index (χ0n) is 14.2. The Kier molecular flexibility index (Phi) is 5.96. The summed E-state index contributed by atoms with van der Waals surface area (Å²) in [6, 6.07) is 7.82. The molecule has 0 aliphatic rings. The highest BCUT2D eigenvalue weighted by Crippen LogP contribution is 2.24. The Bertz CT molecular complexity index is 906. The number of nitrogens with one attached hydrogen (secondary N) is 1. The predicted molar refractivity (Wildman–Crippen MR) is 91.8 cm³/mol. The first kappa shape index (κ1) is 19.5. The molecule has 0 saturated heterocycles. The van der Waals surface area contributed by atoms with E-state index in [-0.39, 0.29) is 23.3 Å². The van der Waals surface area contributed by atoms with Gasteiger partial charge < -0.3 is 4.42 Å². The molecule has 1 N–H and O–H groups in total. The Morgan fingerprint density at radius 3 is 2.28 bits per heavy atom. The van der Waals surface area contributed by atoms with Crippen LogP contribution in [0.25, 0.3) is 0 Å². The summed E-state index contributed by atoms with van der Waals surface area (Å²) in [6.07, 6.45) is 0. The van der Waals surface area contributed by atoms with Crippen LogP contribution in [-0.4, -0.2) is 32.8 Å². The topological polar surface area (TPSA) is 119 Å². The zero-order chi connectivity index (χ0) is 18.7. The van der Waals surface area contributed by atoms with Crippen molar-refractivity contribution in [3.8, 4) is 0 Å². The summed E-state index contributed by atoms with van der Waals surface area (Å²) in [5.41, 5.74) is 0.592. The lowest BCUT2D eigenvalue weighted by Crippen LogP contribution is -2.33. The van der Waals surface area contributed by atoms with Gasteiger partial charge in [0.2, 0.25) is 25.8 Å². The van der Waals surface area contributed by atoms with Crippen molar-refractivity contribution in [3.05, 3.63) is 41.8 Å². The number of sulfone groups is 1. The van der Waals surface area contributed by atoms with Gasteiger partial charge >= 0.3 is 5.22 Å². The molecule has 25 heavy (non-hydrogen) atoms. The molecule has 0 spiro atoms. The molecular formula is C15H21N3O5S2. The summed E-state index contributed by atoms with van der Waals surface area (Å²) in [7, 11) is -7.33. The third kappa shape index (κ3) is 5.10. The van der Waals surface area contributed by atoms with Crippen LogP contribution in [0.4, 0.5) is 0 Å². The van der Waals surface area contributed by atoms with E-state index in [4.69, 9.17) is 4.42 Å². The Morgan fingerprint density at radius 1 is 1.08 bits per heavy atom. The molecule has 0 amide bonds. The van der Waals surface area contributed by atoms with Gasteiger partial charge in [0.15, 0.2) is 0 Å². The van der Waals surface area contributed by atoms with Crippen molar-refractivity contribution in [2.45, 2.75) is 37.8 Å². The molecule has 0 bridgehead atoms.